The number of carbonyl (C=O) groups excluding carboxylic acids is 1. The van der Waals surface area contributed by atoms with Crippen molar-refractivity contribution in [3.05, 3.63) is 29.3 Å². The average molecular weight is 350 g/mol. The van der Waals surface area contributed by atoms with Gasteiger partial charge in [-0.25, -0.2) is 0 Å². The first-order valence-electron chi connectivity index (χ1n) is 8.51. The summed E-state index contributed by atoms with van der Waals surface area (Å²) in [5.74, 6) is 1.06. The molecule has 3 N–H and O–H groups in total. The maximum Gasteiger partial charge on any atom is 0.276 e. The van der Waals surface area contributed by atoms with Crippen LogP contribution in [0.2, 0.25) is 0 Å². The van der Waals surface area contributed by atoms with Crippen molar-refractivity contribution in [3.63, 3.8) is 0 Å². The molecule has 1 aliphatic carbocycles. The average Bonchev–Trinajstić information content (AvgIpc) is 2.56. The molecule has 132 valence electrons. The second kappa shape index (κ2) is 8.87. The number of amides is 1. The monoisotopic (exact) mass is 349 g/mol. The summed E-state index contributed by atoms with van der Waals surface area (Å²) in [5.41, 5.74) is 7.43. The number of hydrazine groups is 1. The van der Waals surface area contributed by atoms with Gasteiger partial charge in [-0.2, -0.15) is 0 Å². The van der Waals surface area contributed by atoms with Crippen molar-refractivity contribution in [2.75, 3.05) is 6.61 Å². The Kier molecular flexibility index (Phi) is 6.85. The first kappa shape index (κ1) is 18.5. The standard InChI is InChI=1S/C18H27N3O2S/c1-12-8-9-14(3)16(10-12)23-11-17(22)20-21-18(24)19-15-7-5-4-6-13(15)2/h8-10,13,15H,4-7,11H2,1-3H3,(H,20,22)(H2,19,21,24)/t13-,15+/m1/s1. The Morgan fingerprint density at radius 2 is 2.00 bits per heavy atom. The van der Waals surface area contributed by atoms with E-state index in [9.17, 15) is 4.79 Å². The van der Waals surface area contributed by atoms with Crippen LogP contribution >= 0.6 is 12.2 Å². The van der Waals surface area contributed by atoms with E-state index >= 15 is 0 Å². The first-order valence-corrected chi connectivity index (χ1v) is 8.92. The van der Waals surface area contributed by atoms with Crippen LogP contribution in [0.3, 0.4) is 0 Å². The SMILES string of the molecule is Cc1ccc(C)c(OCC(=O)NNC(=S)N[C@H]2CCCC[C@H]2C)c1. The first-order chi connectivity index (χ1) is 11.5. The van der Waals surface area contributed by atoms with E-state index in [1.54, 1.807) is 0 Å². The van der Waals surface area contributed by atoms with Gasteiger partial charge in [0, 0.05) is 6.04 Å². The van der Waals surface area contributed by atoms with Crippen molar-refractivity contribution >= 4 is 23.2 Å². The Bertz CT molecular complexity index is 592. The van der Waals surface area contributed by atoms with Crippen molar-refractivity contribution in [2.45, 2.75) is 52.5 Å². The van der Waals surface area contributed by atoms with Gasteiger partial charge in [0.2, 0.25) is 0 Å². The molecule has 5 nitrogen and oxygen atoms in total. The quantitative estimate of drug-likeness (QED) is 0.576. The van der Waals surface area contributed by atoms with Crippen molar-refractivity contribution in [1.29, 1.82) is 0 Å². The summed E-state index contributed by atoms with van der Waals surface area (Å²) in [5, 5.41) is 3.73. The summed E-state index contributed by atoms with van der Waals surface area (Å²) < 4.78 is 5.56. The van der Waals surface area contributed by atoms with Crippen molar-refractivity contribution in [3.8, 4) is 5.75 Å². The third kappa shape index (κ3) is 5.67. The lowest BCUT2D eigenvalue weighted by Crippen LogP contribution is -2.52. The van der Waals surface area contributed by atoms with E-state index in [1.807, 2.05) is 32.0 Å². The number of hydrogen-bond donors (Lipinski definition) is 3. The van der Waals surface area contributed by atoms with E-state index in [0.717, 1.165) is 23.3 Å². The van der Waals surface area contributed by atoms with E-state index in [-0.39, 0.29) is 12.5 Å². The highest BCUT2D eigenvalue weighted by atomic mass is 32.1. The summed E-state index contributed by atoms with van der Waals surface area (Å²) in [4.78, 5) is 11.9. The molecule has 0 radical (unpaired) electrons. The molecule has 1 fully saturated rings. The Hall–Kier alpha value is -1.82. The number of rotatable bonds is 4. The second-order valence-electron chi connectivity index (χ2n) is 6.57. The number of thiocarbonyl (C=S) groups is 1. The minimum atomic E-state index is -0.267. The molecule has 24 heavy (non-hydrogen) atoms. The lowest BCUT2D eigenvalue weighted by molar-refractivity contribution is -0.123. The van der Waals surface area contributed by atoms with E-state index in [1.165, 1.54) is 19.3 Å². The van der Waals surface area contributed by atoms with Gasteiger partial charge < -0.3 is 10.1 Å². The van der Waals surface area contributed by atoms with Gasteiger partial charge in [0.25, 0.3) is 5.91 Å². The predicted octanol–water partition coefficient (Wildman–Crippen LogP) is 2.76. The number of carbonyl (C=O) groups is 1. The third-order valence-corrected chi connectivity index (χ3v) is 4.67. The molecule has 0 aromatic heterocycles. The summed E-state index contributed by atoms with van der Waals surface area (Å²) >= 11 is 5.24. The Morgan fingerprint density at radius 1 is 1.25 bits per heavy atom. The van der Waals surface area contributed by atoms with Gasteiger partial charge >= 0.3 is 0 Å². The molecule has 2 atom stereocenters. The fraction of sp³-hybridized carbons (Fsp3) is 0.556. The highest BCUT2D eigenvalue weighted by molar-refractivity contribution is 7.80. The van der Waals surface area contributed by atoms with Gasteiger partial charge in [-0.1, -0.05) is 31.9 Å². The molecule has 0 bridgehead atoms. The molecular formula is C18H27N3O2S. The second-order valence-corrected chi connectivity index (χ2v) is 6.98. The van der Waals surface area contributed by atoms with Gasteiger partial charge in [0.15, 0.2) is 11.7 Å². The molecule has 1 amide bonds. The lowest BCUT2D eigenvalue weighted by Gasteiger charge is -2.30. The molecule has 6 heteroatoms. The lowest BCUT2D eigenvalue weighted by atomic mass is 9.86. The van der Waals surface area contributed by atoms with Gasteiger partial charge in [-0.05, 0) is 62.0 Å². The maximum atomic E-state index is 11.9. The Morgan fingerprint density at radius 3 is 2.75 bits per heavy atom. The fourth-order valence-corrected chi connectivity index (χ4v) is 3.11. The Balaban J connectivity index is 1.70. The van der Waals surface area contributed by atoms with Crippen molar-refractivity contribution in [2.24, 2.45) is 5.92 Å². The maximum absolute atomic E-state index is 11.9. The highest BCUT2D eigenvalue weighted by Gasteiger charge is 2.21. The fourth-order valence-electron chi connectivity index (χ4n) is 2.90. The summed E-state index contributed by atoms with van der Waals surface area (Å²) in [6.07, 6.45) is 4.84. The molecule has 1 aromatic carbocycles. The summed E-state index contributed by atoms with van der Waals surface area (Å²) in [6, 6.07) is 6.29. The van der Waals surface area contributed by atoms with Crippen LogP contribution in [0, 0.1) is 19.8 Å². The molecule has 1 aromatic rings. The molecule has 0 heterocycles. The van der Waals surface area contributed by atoms with Crippen molar-refractivity contribution < 1.29 is 9.53 Å². The zero-order valence-corrected chi connectivity index (χ0v) is 15.5. The molecule has 2 rings (SSSR count). The third-order valence-electron chi connectivity index (χ3n) is 4.45. The smallest absolute Gasteiger partial charge is 0.276 e. The minimum Gasteiger partial charge on any atom is -0.483 e. The van der Waals surface area contributed by atoms with Gasteiger partial charge in [-0.3, -0.25) is 15.6 Å². The van der Waals surface area contributed by atoms with Crippen LogP contribution in [0.1, 0.15) is 43.7 Å². The largest absolute Gasteiger partial charge is 0.483 e. The number of nitrogens with one attached hydrogen (secondary N) is 3. The number of aryl methyl sites for hydroxylation is 2. The highest BCUT2D eigenvalue weighted by Crippen LogP contribution is 2.23. The normalized spacial score (nSPS) is 20.1. The number of hydrogen-bond acceptors (Lipinski definition) is 3. The molecular weight excluding hydrogens is 322 g/mol. The molecule has 1 saturated carbocycles. The molecule has 1 aliphatic rings. The van der Waals surface area contributed by atoms with Crippen LogP contribution in [0.5, 0.6) is 5.75 Å². The zero-order valence-electron chi connectivity index (χ0n) is 14.6. The van der Waals surface area contributed by atoms with Crippen LogP contribution in [-0.4, -0.2) is 23.7 Å². The van der Waals surface area contributed by atoms with E-state index in [2.05, 4.69) is 23.1 Å². The van der Waals surface area contributed by atoms with E-state index in [0.29, 0.717) is 17.1 Å². The minimum absolute atomic E-state index is 0.0558. The van der Waals surface area contributed by atoms with Gasteiger partial charge in [-0.15, -0.1) is 0 Å². The Labute approximate surface area is 149 Å². The molecule has 0 unspecified atom stereocenters. The number of ether oxygens (including phenoxy) is 1. The van der Waals surface area contributed by atoms with Crippen LogP contribution in [0.15, 0.2) is 18.2 Å². The van der Waals surface area contributed by atoms with Gasteiger partial charge in [0.05, 0.1) is 0 Å². The van der Waals surface area contributed by atoms with Crippen LogP contribution in [-0.2, 0) is 4.79 Å². The zero-order chi connectivity index (χ0) is 17.5. The molecule has 0 saturated heterocycles. The summed E-state index contributed by atoms with van der Waals surface area (Å²) in [6.45, 7) is 6.12. The predicted molar refractivity (Wildman–Crippen MR) is 99.8 cm³/mol. The van der Waals surface area contributed by atoms with E-state index < -0.39 is 0 Å². The molecule has 0 aliphatic heterocycles. The topological polar surface area (TPSA) is 62.4 Å². The van der Waals surface area contributed by atoms with Gasteiger partial charge in [0.1, 0.15) is 5.75 Å². The summed E-state index contributed by atoms with van der Waals surface area (Å²) in [7, 11) is 0. The van der Waals surface area contributed by atoms with Crippen LogP contribution < -0.4 is 20.9 Å². The molecule has 0 spiro atoms. The van der Waals surface area contributed by atoms with E-state index in [4.69, 9.17) is 17.0 Å². The van der Waals surface area contributed by atoms with Crippen LogP contribution in [0.4, 0.5) is 0 Å². The van der Waals surface area contributed by atoms with Crippen molar-refractivity contribution in [1.82, 2.24) is 16.2 Å². The number of benzene rings is 1. The van der Waals surface area contributed by atoms with Crippen LogP contribution in [0.25, 0.3) is 0 Å².